The summed E-state index contributed by atoms with van der Waals surface area (Å²) in [7, 11) is 0. The van der Waals surface area contributed by atoms with Crippen LogP contribution in [0.1, 0.15) is 18.9 Å². The highest BCUT2D eigenvalue weighted by Gasteiger charge is 2.23. The fraction of sp³-hybridized carbons (Fsp3) is 0.538. The van der Waals surface area contributed by atoms with E-state index < -0.39 is 0 Å². The van der Waals surface area contributed by atoms with Crippen LogP contribution in [0.25, 0.3) is 0 Å². The molecule has 1 aromatic carbocycles. The van der Waals surface area contributed by atoms with Crippen molar-refractivity contribution >= 4 is 11.6 Å². The SMILES string of the molecule is CC1CN(Cc2cccc(Cl)c2)CCC1O. The third kappa shape index (κ3) is 2.97. The molecule has 0 spiro atoms. The van der Waals surface area contributed by atoms with Crippen LogP contribution in [0.2, 0.25) is 5.02 Å². The fourth-order valence-electron chi connectivity index (χ4n) is 2.26. The van der Waals surface area contributed by atoms with Crippen molar-refractivity contribution < 1.29 is 5.11 Å². The molecule has 88 valence electrons. The van der Waals surface area contributed by atoms with Gasteiger partial charge in [0.15, 0.2) is 0 Å². The standard InChI is InChI=1S/C13H18ClNO/c1-10-8-15(6-5-13(10)16)9-11-3-2-4-12(14)7-11/h2-4,7,10,13,16H,5-6,8-9H2,1H3. The van der Waals surface area contributed by atoms with Gasteiger partial charge in [-0.3, -0.25) is 4.90 Å². The molecule has 1 aliphatic rings. The Morgan fingerprint density at radius 3 is 3.00 bits per heavy atom. The largest absolute Gasteiger partial charge is 0.393 e. The number of hydrogen-bond acceptors (Lipinski definition) is 2. The maximum Gasteiger partial charge on any atom is 0.0590 e. The Balaban J connectivity index is 1.95. The summed E-state index contributed by atoms with van der Waals surface area (Å²) < 4.78 is 0. The number of likely N-dealkylation sites (tertiary alicyclic amines) is 1. The van der Waals surface area contributed by atoms with Crippen LogP contribution < -0.4 is 0 Å². The van der Waals surface area contributed by atoms with Gasteiger partial charge in [0.25, 0.3) is 0 Å². The highest BCUT2D eigenvalue weighted by atomic mass is 35.5. The third-order valence-electron chi connectivity index (χ3n) is 3.24. The topological polar surface area (TPSA) is 23.5 Å². The number of piperidine rings is 1. The molecule has 0 aliphatic carbocycles. The predicted molar refractivity (Wildman–Crippen MR) is 66.5 cm³/mol. The van der Waals surface area contributed by atoms with E-state index in [-0.39, 0.29) is 6.10 Å². The molecule has 16 heavy (non-hydrogen) atoms. The Hall–Kier alpha value is -0.570. The maximum atomic E-state index is 9.66. The van der Waals surface area contributed by atoms with E-state index in [1.54, 1.807) is 0 Å². The van der Waals surface area contributed by atoms with Crippen LogP contribution in [0.4, 0.5) is 0 Å². The molecular formula is C13H18ClNO. The van der Waals surface area contributed by atoms with Gasteiger partial charge < -0.3 is 5.11 Å². The van der Waals surface area contributed by atoms with Crippen LogP contribution in [0, 0.1) is 5.92 Å². The van der Waals surface area contributed by atoms with Gasteiger partial charge in [-0.1, -0.05) is 30.7 Å². The van der Waals surface area contributed by atoms with E-state index >= 15 is 0 Å². The van der Waals surface area contributed by atoms with Gasteiger partial charge in [0.1, 0.15) is 0 Å². The van der Waals surface area contributed by atoms with E-state index in [9.17, 15) is 5.11 Å². The van der Waals surface area contributed by atoms with Crippen LogP contribution in [-0.2, 0) is 6.54 Å². The lowest BCUT2D eigenvalue weighted by molar-refractivity contribution is 0.0320. The van der Waals surface area contributed by atoms with Crippen LogP contribution in [0.5, 0.6) is 0 Å². The molecular weight excluding hydrogens is 222 g/mol. The predicted octanol–water partition coefficient (Wildman–Crippen LogP) is 2.54. The minimum Gasteiger partial charge on any atom is -0.393 e. The van der Waals surface area contributed by atoms with Gasteiger partial charge >= 0.3 is 0 Å². The number of nitrogens with zero attached hydrogens (tertiary/aromatic N) is 1. The molecule has 2 nitrogen and oxygen atoms in total. The third-order valence-corrected chi connectivity index (χ3v) is 3.47. The second-order valence-corrected chi connectivity index (χ2v) is 5.13. The van der Waals surface area contributed by atoms with Crippen molar-refractivity contribution in [2.75, 3.05) is 13.1 Å². The van der Waals surface area contributed by atoms with Gasteiger partial charge in [0.2, 0.25) is 0 Å². The first-order valence-corrected chi connectivity index (χ1v) is 6.18. The number of aliphatic hydroxyl groups excluding tert-OH is 1. The summed E-state index contributed by atoms with van der Waals surface area (Å²) in [5, 5.41) is 10.5. The molecule has 0 amide bonds. The molecule has 2 rings (SSSR count). The molecule has 0 saturated carbocycles. The van der Waals surface area contributed by atoms with Gasteiger partial charge in [-0.05, 0) is 30.0 Å². The lowest BCUT2D eigenvalue weighted by atomic mass is 9.96. The normalized spacial score (nSPS) is 26.9. The quantitative estimate of drug-likeness (QED) is 0.858. The van der Waals surface area contributed by atoms with E-state index in [2.05, 4.69) is 17.9 Å². The van der Waals surface area contributed by atoms with E-state index in [0.717, 1.165) is 31.1 Å². The van der Waals surface area contributed by atoms with Gasteiger partial charge in [-0.25, -0.2) is 0 Å². The smallest absolute Gasteiger partial charge is 0.0590 e. The number of halogens is 1. The second-order valence-electron chi connectivity index (χ2n) is 4.70. The molecule has 1 aromatic rings. The number of hydrogen-bond donors (Lipinski definition) is 1. The fourth-order valence-corrected chi connectivity index (χ4v) is 2.47. The van der Waals surface area contributed by atoms with Crippen LogP contribution in [0.15, 0.2) is 24.3 Å². The average molecular weight is 240 g/mol. The van der Waals surface area contributed by atoms with Crippen molar-refractivity contribution in [2.24, 2.45) is 5.92 Å². The molecule has 0 aromatic heterocycles. The van der Waals surface area contributed by atoms with Crippen molar-refractivity contribution in [3.05, 3.63) is 34.9 Å². The van der Waals surface area contributed by atoms with Gasteiger partial charge in [-0.15, -0.1) is 0 Å². The second kappa shape index (κ2) is 5.17. The molecule has 1 N–H and O–H groups in total. The molecule has 0 radical (unpaired) electrons. The summed E-state index contributed by atoms with van der Waals surface area (Å²) in [5.41, 5.74) is 1.25. The Kier molecular flexibility index (Phi) is 3.85. The zero-order chi connectivity index (χ0) is 11.5. The number of aliphatic hydroxyl groups is 1. The lowest BCUT2D eigenvalue weighted by Gasteiger charge is -2.34. The van der Waals surface area contributed by atoms with Gasteiger partial charge in [0, 0.05) is 24.7 Å². The highest BCUT2D eigenvalue weighted by molar-refractivity contribution is 6.30. The van der Waals surface area contributed by atoms with E-state index in [1.165, 1.54) is 5.56 Å². The van der Waals surface area contributed by atoms with Crippen molar-refractivity contribution in [3.8, 4) is 0 Å². The zero-order valence-electron chi connectivity index (χ0n) is 9.56. The minimum absolute atomic E-state index is 0.129. The van der Waals surface area contributed by atoms with E-state index in [0.29, 0.717) is 5.92 Å². The van der Waals surface area contributed by atoms with E-state index in [4.69, 9.17) is 11.6 Å². The minimum atomic E-state index is -0.129. The first-order chi connectivity index (χ1) is 7.65. The summed E-state index contributed by atoms with van der Waals surface area (Å²) in [5.74, 6) is 0.368. The van der Waals surface area contributed by atoms with Crippen molar-refractivity contribution in [2.45, 2.75) is 26.0 Å². The van der Waals surface area contributed by atoms with Gasteiger partial charge in [0.05, 0.1) is 6.10 Å². The Labute approximate surface area is 102 Å². The number of benzene rings is 1. The monoisotopic (exact) mass is 239 g/mol. The molecule has 1 heterocycles. The molecule has 0 bridgehead atoms. The molecule has 1 fully saturated rings. The average Bonchev–Trinajstić information content (AvgIpc) is 2.24. The zero-order valence-corrected chi connectivity index (χ0v) is 10.3. The molecule has 2 atom stereocenters. The molecule has 3 heteroatoms. The number of rotatable bonds is 2. The summed E-state index contributed by atoms with van der Waals surface area (Å²) in [6, 6.07) is 7.99. The van der Waals surface area contributed by atoms with Crippen LogP contribution in [-0.4, -0.2) is 29.2 Å². The van der Waals surface area contributed by atoms with Crippen LogP contribution >= 0.6 is 11.6 Å². The summed E-state index contributed by atoms with van der Waals surface area (Å²) >= 11 is 5.96. The molecule has 1 saturated heterocycles. The summed E-state index contributed by atoms with van der Waals surface area (Å²) in [6.07, 6.45) is 0.748. The van der Waals surface area contributed by atoms with Crippen LogP contribution in [0.3, 0.4) is 0 Å². The Morgan fingerprint density at radius 1 is 1.50 bits per heavy atom. The summed E-state index contributed by atoms with van der Waals surface area (Å²) in [4.78, 5) is 2.38. The maximum absolute atomic E-state index is 9.66. The van der Waals surface area contributed by atoms with Crippen molar-refractivity contribution in [1.82, 2.24) is 4.90 Å². The lowest BCUT2D eigenvalue weighted by Crippen LogP contribution is -2.41. The van der Waals surface area contributed by atoms with Crippen molar-refractivity contribution in [3.63, 3.8) is 0 Å². The first-order valence-electron chi connectivity index (χ1n) is 5.80. The van der Waals surface area contributed by atoms with E-state index in [1.807, 2.05) is 18.2 Å². The van der Waals surface area contributed by atoms with Crippen molar-refractivity contribution in [1.29, 1.82) is 0 Å². The molecule has 2 unspecified atom stereocenters. The first kappa shape index (κ1) is 11.9. The highest BCUT2D eigenvalue weighted by Crippen LogP contribution is 2.19. The Morgan fingerprint density at radius 2 is 2.31 bits per heavy atom. The van der Waals surface area contributed by atoms with Gasteiger partial charge in [-0.2, -0.15) is 0 Å². The Bertz CT molecular complexity index is 356. The summed E-state index contributed by atoms with van der Waals surface area (Å²) in [6.45, 7) is 4.97. The molecule has 1 aliphatic heterocycles.